The van der Waals surface area contributed by atoms with Crippen molar-refractivity contribution >= 4 is 5.82 Å². The number of rotatable bonds is 3. The summed E-state index contributed by atoms with van der Waals surface area (Å²) in [5.74, 6) is 2.46. The molecular weight excluding hydrogens is 242 g/mol. The van der Waals surface area contributed by atoms with Crippen molar-refractivity contribution in [1.82, 2.24) is 9.97 Å². The zero-order valence-corrected chi connectivity index (χ0v) is 11.5. The molecule has 0 aliphatic carbocycles. The summed E-state index contributed by atoms with van der Waals surface area (Å²) in [6, 6.07) is 5.47. The van der Waals surface area contributed by atoms with Crippen LogP contribution in [0.25, 0.3) is 11.4 Å². The van der Waals surface area contributed by atoms with Crippen LogP contribution in [0.2, 0.25) is 0 Å². The highest BCUT2D eigenvalue weighted by molar-refractivity contribution is 5.69. The zero-order valence-electron chi connectivity index (χ0n) is 11.5. The molecule has 0 amide bonds. The molecule has 0 aliphatic heterocycles. The van der Waals surface area contributed by atoms with E-state index in [-0.39, 0.29) is 0 Å². The molecule has 1 heterocycles. The molecule has 0 radical (unpaired) electrons. The minimum Gasteiger partial charge on any atom is -0.496 e. The molecule has 0 fully saturated rings. The van der Waals surface area contributed by atoms with Gasteiger partial charge in [-0.25, -0.2) is 9.97 Å². The van der Waals surface area contributed by atoms with Gasteiger partial charge < -0.3 is 15.2 Å². The minimum atomic E-state index is 0.443. The van der Waals surface area contributed by atoms with Crippen LogP contribution in [0.15, 0.2) is 18.2 Å². The number of nitrogens with zero attached hydrogens (tertiary/aromatic N) is 2. The van der Waals surface area contributed by atoms with Crippen molar-refractivity contribution in [3.8, 4) is 22.9 Å². The highest BCUT2D eigenvalue weighted by atomic mass is 16.5. The summed E-state index contributed by atoms with van der Waals surface area (Å²) in [5.41, 5.74) is 8.29. The molecule has 0 bridgehead atoms. The molecule has 2 N–H and O–H groups in total. The van der Waals surface area contributed by atoms with Crippen molar-refractivity contribution in [3.63, 3.8) is 0 Å². The van der Waals surface area contributed by atoms with Gasteiger partial charge in [0.15, 0.2) is 5.82 Å². The topological polar surface area (TPSA) is 70.3 Å². The Morgan fingerprint density at radius 1 is 1.05 bits per heavy atom. The molecule has 0 saturated carbocycles. The van der Waals surface area contributed by atoms with Crippen LogP contribution >= 0.6 is 0 Å². The number of benzene rings is 1. The first-order valence-corrected chi connectivity index (χ1v) is 5.90. The lowest BCUT2D eigenvalue weighted by atomic mass is 10.1. The second-order valence-electron chi connectivity index (χ2n) is 4.23. The molecule has 0 aliphatic rings. The van der Waals surface area contributed by atoms with Crippen LogP contribution in [0.5, 0.6) is 11.5 Å². The maximum atomic E-state index is 5.77. The predicted molar refractivity (Wildman–Crippen MR) is 74.5 cm³/mol. The van der Waals surface area contributed by atoms with E-state index in [9.17, 15) is 0 Å². The first-order valence-electron chi connectivity index (χ1n) is 5.90. The number of anilines is 1. The summed E-state index contributed by atoms with van der Waals surface area (Å²) < 4.78 is 10.7. The third-order valence-electron chi connectivity index (χ3n) is 2.90. The highest BCUT2D eigenvalue weighted by Crippen LogP contribution is 2.36. The molecule has 1 aromatic heterocycles. The van der Waals surface area contributed by atoms with Crippen LogP contribution < -0.4 is 15.2 Å². The number of aromatic nitrogens is 2. The summed E-state index contributed by atoms with van der Waals surface area (Å²) in [7, 11) is 3.24. The Kier molecular flexibility index (Phi) is 3.55. The molecule has 0 atom stereocenters. The third-order valence-corrected chi connectivity index (χ3v) is 2.90. The molecule has 19 heavy (non-hydrogen) atoms. The smallest absolute Gasteiger partial charge is 0.165 e. The van der Waals surface area contributed by atoms with Gasteiger partial charge in [0.05, 0.1) is 19.8 Å². The molecule has 5 nitrogen and oxygen atoms in total. The van der Waals surface area contributed by atoms with Crippen molar-refractivity contribution in [3.05, 3.63) is 29.5 Å². The summed E-state index contributed by atoms with van der Waals surface area (Å²) >= 11 is 0. The van der Waals surface area contributed by atoms with Gasteiger partial charge in [-0.3, -0.25) is 0 Å². The first-order chi connectivity index (χ1) is 9.06. The van der Waals surface area contributed by atoms with Crippen molar-refractivity contribution < 1.29 is 9.47 Å². The Morgan fingerprint density at radius 2 is 1.79 bits per heavy atom. The van der Waals surface area contributed by atoms with E-state index in [1.165, 1.54) is 0 Å². The van der Waals surface area contributed by atoms with Gasteiger partial charge in [-0.1, -0.05) is 0 Å². The molecule has 5 heteroatoms. The number of hydrogen-bond acceptors (Lipinski definition) is 5. The predicted octanol–water partition coefficient (Wildman–Crippen LogP) is 2.36. The summed E-state index contributed by atoms with van der Waals surface area (Å²) in [6.07, 6.45) is 0. The number of ether oxygens (including phenoxy) is 2. The maximum absolute atomic E-state index is 5.77. The van der Waals surface area contributed by atoms with Crippen molar-refractivity contribution in [2.24, 2.45) is 0 Å². The standard InChI is InChI=1S/C14H17N3O2/c1-8-7-12(15)17-14(16-8)10-5-6-11(18-3)9(2)13(10)19-4/h5-7H,1-4H3,(H2,15,16,17). The molecule has 0 unspecified atom stereocenters. The van der Waals surface area contributed by atoms with Crippen molar-refractivity contribution in [1.29, 1.82) is 0 Å². The second-order valence-corrected chi connectivity index (χ2v) is 4.23. The molecule has 2 rings (SSSR count). The van der Waals surface area contributed by atoms with Gasteiger partial charge in [-0.2, -0.15) is 0 Å². The fourth-order valence-electron chi connectivity index (χ4n) is 2.05. The summed E-state index contributed by atoms with van der Waals surface area (Å²) in [5, 5.41) is 0. The average Bonchev–Trinajstić information content (AvgIpc) is 2.37. The van der Waals surface area contributed by atoms with Gasteiger partial charge >= 0.3 is 0 Å². The molecule has 2 aromatic rings. The van der Waals surface area contributed by atoms with E-state index < -0.39 is 0 Å². The van der Waals surface area contributed by atoms with E-state index in [4.69, 9.17) is 15.2 Å². The van der Waals surface area contributed by atoms with Crippen molar-refractivity contribution in [2.45, 2.75) is 13.8 Å². The maximum Gasteiger partial charge on any atom is 0.165 e. The molecule has 100 valence electrons. The summed E-state index contributed by atoms with van der Waals surface area (Å²) in [4.78, 5) is 8.65. The Labute approximate surface area is 112 Å². The molecule has 0 saturated heterocycles. The van der Waals surface area contributed by atoms with Gasteiger partial charge in [0.25, 0.3) is 0 Å². The van der Waals surface area contributed by atoms with Gasteiger partial charge in [-0.15, -0.1) is 0 Å². The van der Waals surface area contributed by atoms with Gasteiger partial charge in [0, 0.05) is 17.3 Å². The van der Waals surface area contributed by atoms with E-state index in [1.54, 1.807) is 20.3 Å². The number of methoxy groups -OCH3 is 2. The van der Waals surface area contributed by atoms with Gasteiger partial charge in [-0.05, 0) is 26.0 Å². The van der Waals surface area contributed by atoms with Crippen LogP contribution in [-0.4, -0.2) is 24.2 Å². The SMILES string of the molecule is COc1ccc(-c2nc(C)cc(N)n2)c(OC)c1C. The number of nitrogen functional groups attached to an aromatic ring is 1. The van der Waals surface area contributed by atoms with E-state index in [1.807, 2.05) is 26.0 Å². The molecule has 1 aromatic carbocycles. The summed E-state index contributed by atoms with van der Waals surface area (Å²) in [6.45, 7) is 3.81. The second kappa shape index (κ2) is 5.14. The van der Waals surface area contributed by atoms with E-state index >= 15 is 0 Å². The monoisotopic (exact) mass is 259 g/mol. The Morgan fingerprint density at radius 3 is 2.37 bits per heavy atom. The fraction of sp³-hybridized carbons (Fsp3) is 0.286. The highest BCUT2D eigenvalue weighted by Gasteiger charge is 2.15. The largest absolute Gasteiger partial charge is 0.496 e. The van der Waals surface area contributed by atoms with Gasteiger partial charge in [0.1, 0.15) is 17.3 Å². The molecular formula is C14H17N3O2. The minimum absolute atomic E-state index is 0.443. The number of aryl methyl sites for hydroxylation is 1. The Balaban J connectivity index is 2.65. The lowest BCUT2D eigenvalue weighted by molar-refractivity contribution is 0.389. The molecule has 0 spiro atoms. The Hall–Kier alpha value is -2.30. The van der Waals surface area contributed by atoms with Crippen LogP contribution in [-0.2, 0) is 0 Å². The van der Waals surface area contributed by atoms with Crippen molar-refractivity contribution in [2.75, 3.05) is 20.0 Å². The zero-order chi connectivity index (χ0) is 14.0. The lowest BCUT2D eigenvalue weighted by Gasteiger charge is -2.14. The van der Waals surface area contributed by atoms with E-state index in [2.05, 4.69) is 9.97 Å². The van der Waals surface area contributed by atoms with Gasteiger partial charge in [0.2, 0.25) is 0 Å². The van der Waals surface area contributed by atoms with E-state index in [0.29, 0.717) is 17.4 Å². The van der Waals surface area contributed by atoms with E-state index in [0.717, 1.165) is 22.6 Å². The normalized spacial score (nSPS) is 10.3. The van der Waals surface area contributed by atoms with Crippen LogP contribution in [0.1, 0.15) is 11.3 Å². The number of nitrogens with two attached hydrogens (primary N) is 1. The third kappa shape index (κ3) is 2.45. The average molecular weight is 259 g/mol. The lowest BCUT2D eigenvalue weighted by Crippen LogP contribution is -2.01. The van der Waals surface area contributed by atoms with Crippen LogP contribution in [0, 0.1) is 13.8 Å². The Bertz CT molecular complexity index is 592. The number of hydrogen-bond donors (Lipinski definition) is 1. The fourth-order valence-corrected chi connectivity index (χ4v) is 2.05. The first kappa shape index (κ1) is 13.1. The quantitative estimate of drug-likeness (QED) is 0.916. The van der Waals surface area contributed by atoms with Crippen LogP contribution in [0.4, 0.5) is 5.82 Å². The van der Waals surface area contributed by atoms with Crippen LogP contribution in [0.3, 0.4) is 0 Å².